The van der Waals surface area contributed by atoms with Crippen LogP contribution in [0.15, 0.2) is 0 Å². The fourth-order valence-corrected chi connectivity index (χ4v) is 2.47. The van der Waals surface area contributed by atoms with Crippen LogP contribution in [0.2, 0.25) is 0 Å². The predicted molar refractivity (Wildman–Crippen MR) is 53.8 cm³/mol. The molecule has 1 aromatic rings. The Kier molecular flexibility index (Phi) is 2.60. The average Bonchev–Trinajstić information content (AvgIpc) is 2.46. The van der Waals surface area contributed by atoms with Crippen molar-refractivity contribution in [2.24, 2.45) is 0 Å². The molecule has 0 bridgehead atoms. The molecule has 4 heteroatoms. The molecule has 0 aromatic carbocycles. The predicted octanol–water partition coefficient (Wildman–Crippen LogP) is 1.83. The van der Waals surface area contributed by atoms with Crippen molar-refractivity contribution in [1.29, 1.82) is 0 Å². The van der Waals surface area contributed by atoms with Crippen molar-refractivity contribution in [1.82, 2.24) is 15.1 Å². The Hall–Kier alpha value is -0.480. The second kappa shape index (κ2) is 3.72. The number of aryl methyl sites for hydroxylation is 1. The third-order valence-corrected chi connectivity index (χ3v) is 3.47. The highest BCUT2D eigenvalue weighted by Gasteiger charge is 2.26. The number of aromatic nitrogens is 2. The summed E-state index contributed by atoms with van der Waals surface area (Å²) in [4.78, 5) is 2.49. The van der Waals surface area contributed by atoms with Gasteiger partial charge in [0, 0.05) is 12.6 Å². The van der Waals surface area contributed by atoms with Crippen molar-refractivity contribution in [2.45, 2.75) is 39.3 Å². The van der Waals surface area contributed by atoms with E-state index in [9.17, 15) is 0 Å². The molecule has 1 unspecified atom stereocenters. The molecule has 1 aliphatic heterocycles. The van der Waals surface area contributed by atoms with Crippen molar-refractivity contribution in [3.63, 3.8) is 0 Å². The van der Waals surface area contributed by atoms with Gasteiger partial charge in [0.05, 0.1) is 6.54 Å². The molecular formula is C9H15N3S. The maximum atomic E-state index is 4.13. The summed E-state index contributed by atoms with van der Waals surface area (Å²) >= 11 is 1.71. The van der Waals surface area contributed by atoms with Gasteiger partial charge in [0.2, 0.25) is 0 Å². The molecule has 1 fully saturated rings. The Morgan fingerprint density at radius 3 is 2.85 bits per heavy atom. The van der Waals surface area contributed by atoms with Crippen LogP contribution in [0.5, 0.6) is 0 Å². The normalized spacial score (nSPS) is 23.1. The van der Waals surface area contributed by atoms with Gasteiger partial charge in [0.25, 0.3) is 0 Å². The zero-order valence-electron chi connectivity index (χ0n) is 8.16. The molecule has 1 aromatic heterocycles. The lowest BCUT2D eigenvalue weighted by Gasteiger charge is -2.39. The zero-order chi connectivity index (χ0) is 9.26. The van der Waals surface area contributed by atoms with E-state index < -0.39 is 0 Å². The fourth-order valence-electron chi connectivity index (χ4n) is 1.74. The summed E-state index contributed by atoms with van der Waals surface area (Å²) in [6, 6.07) is 0.796. The van der Waals surface area contributed by atoms with Crippen molar-refractivity contribution >= 4 is 11.3 Å². The van der Waals surface area contributed by atoms with Crippen LogP contribution in [0.25, 0.3) is 0 Å². The first kappa shape index (κ1) is 9.09. The molecule has 0 radical (unpaired) electrons. The minimum Gasteiger partial charge on any atom is -0.294 e. The lowest BCUT2D eigenvalue weighted by atomic mass is 10.0. The maximum absolute atomic E-state index is 4.13. The van der Waals surface area contributed by atoms with E-state index in [0.717, 1.165) is 22.6 Å². The summed E-state index contributed by atoms with van der Waals surface area (Å²) in [5.74, 6) is 0. The average molecular weight is 197 g/mol. The van der Waals surface area contributed by atoms with E-state index in [4.69, 9.17) is 0 Å². The number of rotatable bonds is 3. The number of likely N-dealkylation sites (tertiary alicyclic amines) is 1. The molecule has 0 aliphatic carbocycles. The van der Waals surface area contributed by atoms with Gasteiger partial charge in [-0.05, 0) is 19.8 Å². The third-order valence-electron chi connectivity index (χ3n) is 2.64. The highest BCUT2D eigenvalue weighted by Crippen LogP contribution is 2.23. The van der Waals surface area contributed by atoms with Crippen molar-refractivity contribution in [3.8, 4) is 0 Å². The minimum absolute atomic E-state index is 0.796. The third kappa shape index (κ3) is 1.89. The van der Waals surface area contributed by atoms with Gasteiger partial charge in [-0.15, -0.1) is 21.5 Å². The Balaban J connectivity index is 1.91. The molecule has 0 saturated carbocycles. The van der Waals surface area contributed by atoms with Crippen molar-refractivity contribution in [3.05, 3.63) is 10.0 Å². The van der Waals surface area contributed by atoms with E-state index in [0.29, 0.717) is 0 Å². The van der Waals surface area contributed by atoms with E-state index in [-0.39, 0.29) is 0 Å². The molecule has 3 nitrogen and oxygen atoms in total. The van der Waals surface area contributed by atoms with Crippen LogP contribution in [0.1, 0.15) is 29.8 Å². The number of hydrogen-bond acceptors (Lipinski definition) is 4. The van der Waals surface area contributed by atoms with Crippen LogP contribution in [0.4, 0.5) is 0 Å². The molecule has 13 heavy (non-hydrogen) atoms. The van der Waals surface area contributed by atoms with Gasteiger partial charge < -0.3 is 0 Å². The molecule has 0 N–H and O–H groups in total. The lowest BCUT2D eigenvalue weighted by molar-refractivity contribution is 0.0788. The van der Waals surface area contributed by atoms with Crippen LogP contribution < -0.4 is 0 Å². The van der Waals surface area contributed by atoms with E-state index in [1.165, 1.54) is 19.4 Å². The molecule has 2 heterocycles. The fraction of sp³-hybridized carbons (Fsp3) is 0.778. The van der Waals surface area contributed by atoms with Crippen molar-refractivity contribution in [2.75, 3.05) is 6.54 Å². The molecule has 0 spiro atoms. The summed E-state index contributed by atoms with van der Waals surface area (Å²) in [5.41, 5.74) is 0. The Bertz CT molecular complexity index is 282. The van der Waals surface area contributed by atoms with Crippen LogP contribution >= 0.6 is 11.3 Å². The molecule has 72 valence electrons. The monoisotopic (exact) mass is 197 g/mol. The first-order valence-corrected chi connectivity index (χ1v) is 5.64. The summed E-state index contributed by atoms with van der Waals surface area (Å²) in [6.45, 7) is 6.50. The minimum atomic E-state index is 0.796. The van der Waals surface area contributed by atoms with Crippen molar-refractivity contribution < 1.29 is 0 Å². The second-order valence-electron chi connectivity index (χ2n) is 3.54. The molecule has 1 atom stereocenters. The summed E-state index contributed by atoms with van der Waals surface area (Å²) in [5, 5.41) is 10.4. The Morgan fingerprint density at radius 2 is 2.38 bits per heavy atom. The summed E-state index contributed by atoms with van der Waals surface area (Å²) in [6.07, 6.45) is 2.62. The van der Waals surface area contributed by atoms with Gasteiger partial charge in [-0.3, -0.25) is 4.90 Å². The Labute approximate surface area is 82.8 Å². The molecule has 1 aliphatic rings. The first-order valence-electron chi connectivity index (χ1n) is 4.82. The lowest BCUT2D eigenvalue weighted by Crippen LogP contribution is -2.46. The van der Waals surface area contributed by atoms with Gasteiger partial charge in [0.15, 0.2) is 0 Å². The van der Waals surface area contributed by atoms with Gasteiger partial charge in [0.1, 0.15) is 10.0 Å². The van der Waals surface area contributed by atoms with Gasteiger partial charge in [-0.25, -0.2) is 0 Å². The summed E-state index contributed by atoms with van der Waals surface area (Å²) in [7, 11) is 0. The summed E-state index contributed by atoms with van der Waals surface area (Å²) < 4.78 is 0. The smallest absolute Gasteiger partial charge is 0.131 e. The van der Waals surface area contributed by atoms with Gasteiger partial charge >= 0.3 is 0 Å². The number of hydrogen-bond donors (Lipinski definition) is 0. The van der Waals surface area contributed by atoms with E-state index in [1.807, 2.05) is 6.92 Å². The Morgan fingerprint density at radius 1 is 1.54 bits per heavy atom. The van der Waals surface area contributed by atoms with Gasteiger partial charge in [-0.1, -0.05) is 6.92 Å². The van der Waals surface area contributed by atoms with E-state index >= 15 is 0 Å². The molecular weight excluding hydrogens is 182 g/mol. The van der Waals surface area contributed by atoms with Crippen LogP contribution in [-0.4, -0.2) is 27.7 Å². The van der Waals surface area contributed by atoms with E-state index in [2.05, 4.69) is 22.0 Å². The van der Waals surface area contributed by atoms with Crippen LogP contribution in [-0.2, 0) is 6.54 Å². The number of nitrogens with zero attached hydrogens (tertiary/aromatic N) is 3. The topological polar surface area (TPSA) is 29.0 Å². The maximum Gasteiger partial charge on any atom is 0.131 e. The SMILES string of the molecule is CCC1CCN1Cc1nnc(C)s1. The highest BCUT2D eigenvalue weighted by atomic mass is 32.1. The quantitative estimate of drug-likeness (QED) is 0.740. The molecule has 0 amide bonds. The second-order valence-corrected chi connectivity index (χ2v) is 4.80. The molecule has 2 rings (SSSR count). The largest absolute Gasteiger partial charge is 0.294 e. The van der Waals surface area contributed by atoms with Crippen LogP contribution in [0, 0.1) is 6.92 Å². The standard InChI is InChI=1S/C9H15N3S/c1-3-8-4-5-12(8)6-9-11-10-7(2)13-9/h8H,3-6H2,1-2H3. The van der Waals surface area contributed by atoms with Crippen LogP contribution in [0.3, 0.4) is 0 Å². The zero-order valence-corrected chi connectivity index (χ0v) is 8.97. The highest BCUT2D eigenvalue weighted by molar-refractivity contribution is 7.11. The van der Waals surface area contributed by atoms with Gasteiger partial charge in [-0.2, -0.15) is 0 Å². The first-order chi connectivity index (χ1) is 6.29. The van der Waals surface area contributed by atoms with E-state index in [1.54, 1.807) is 11.3 Å². The molecule has 1 saturated heterocycles.